The maximum Gasteiger partial charge on any atom is 0.0514 e. The first-order valence-electron chi connectivity index (χ1n) is 4.29. The predicted molar refractivity (Wildman–Crippen MR) is 55.5 cm³/mol. The number of benzene rings is 1. The molecule has 0 radical (unpaired) electrons. The van der Waals surface area contributed by atoms with Gasteiger partial charge >= 0.3 is 0 Å². The van der Waals surface area contributed by atoms with Crippen molar-refractivity contribution in [3.63, 3.8) is 0 Å². The largest absolute Gasteiger partial charge is 0.350 e. The van der Waals surface area contributed by atoms with E-state index in [1.54, 1.807) is 0 Å². The molecule has 2 aromatic rings. The van der Waals surface area contributed by atoms with Crippen LogP contribution in [0, 0.1) is 12.3 Å². The topological polar surface area (TPSA) is 28.8 Å². The monoisotopic (exact) mass is 172 g/mol. The Labute approximate surface area is 77.3 Å². The summed E-state index contributed by atoms with van der Waals surface area (Å²) in [4.78, 5) is 0. The Balaban J connectivity index is 2.95. The fourth-order valence-corrected chi connectivity index (χ4v) is 1.82. The van der Waals surface area contributed by atoms with Crippen molar-refractivity contribution in [3.8, 4) is 0 Å². The van der Waals surface area contributed by atoms with Crippen LogP contribution in [0.1, 0.15) is 11.1 Å². The van der Waals surface area contributed by atoms with Gasteiger partial charge in [-0.1, -0.05) is 18.2 Å². The summed E-state index contributed by atoms with van der Waals surface area (Å²) >= 11 is 0. The minimum absolute atomic E-state index is 0.987. The molecule has 0 aliphatic carbocycles. The molecule has 13 heavy (non-hydrogen) atoms. The molecule has 2 rings (SSSR count). The zero-order valence-corrected chi connectivity index (χ0v) is 7.83. The van der Waals surface area contributed by atoms with Crippen molar-refractivity contribution in [1.82, 2.24) is 4.57 Å². The van der Waals surface area contributed by atoms with Gasteiger partial charge in [0.1, 0.15) is 0 Å². The number of hydrogen-bond donors (Lipinski definition) is 1. The third-order valence-corrected chi connectivity index (χ3v) is 2.39. The number of para-hydroxylation sites is 1. The molecule has 0 aliphatic heterocycles. The molecule has 0 spiro atoms. The molecule has 0 atom stereocenters. The molecule has 0 saturated heterocycles. The predicted octanol–water partition coefficient (Wildman–Crippen LogP) is 2.48. The van der Waals surface area contributed by atoms with Gasteiger partial charge in [0.25, 0.3) is 0 Å². The molecule has 0 aliphatic rings. The zero-order valence-electron chi connectivity index (χ0n) is 7.83. The maximum atomic E-state index is 7.27. The smallest absolute Gasteiger partial charge is 0.0514 e. The Morgan fingerprint density at radius 3 is 2.85 bits per heavy atom. The van der Waals surface area contributed by atoms with Crippen molar-refractivity contribution in [2.75, 3.05) is 0 Å². The van der Waals surface area contributed by atoms with Gasteiger partial charge in [-0.25, -0.2) is 0 Å². The Kier molecular flexibility index (Phi) is 1.69. The summed E-state index contributed by atoms with van der Waals surface area (Å²) in [5, 5.41) is 8.44. The van der Waals surface area contributed by atoms with E-state index in [9.17, 15) is 0 Å². The van der Waals surface area contributed by atoms with Crippen LogP contribution >= 0.6 is 0 Å². The standard InChI is InChI=1S/C11H12N2/c1-8-4-3-5-10-9(6-12)7-13(2)11(8)10/h3-7,12H,1-2H3. The van der Waals surface area contributed by atoms with Crippen molar-refractivity contribution in [2.24, 2.45) is 7.05 Å². The van der Waals surface area contributed by atoms with Gasteiger partial charge in [-0.3, -0.25) is 0 Å². The van der Waals surface area contributed by atoms with E-state index in [0.29, 0.717) is 0 Å². The number of aryl methyl sites for hydroxylation is 2. The van der Waals surface area contributed by atoms with E-state index in [0.717, 1.165) is 10.9 Å². The number of nitrogens with zero attached hydrogens (tertiary/aromatic N) is 1. The third-order valence-electron chi connectivity index (χ3n) is 2.39. The summed E-state index contributed by atoms with van der Waals surface area (Å²) < 4.78 is 2.07. The maximum absolute atomic E-state index is 7.27. The first-order valence-corrected chi connectivity index (χ1v) is 4.29. The van der Waals surface area contributed by atoms with Crippen LogP contribution in [-0.2, 0) is 7.05 Å². The van der Waals surface area contributed by atoms with Crippen molar-refractivity contribution < 1.29 is 0 Å². The van der Waals surface area contributed by atoms with Gasteiger partial charge < -0.3 is 9.98 Å². The van der Waals surface area contributed by atoms with E-state index in [-0.39, 0.29) is 0 Å². The lowest BCUT2D eigenvalue weighted by molar-refractivity contribution is 0.963. The second kappa shape index (κ2) is 2.73. The minimum Gasteiger partial charge on any atom is -0.350 e. The third kappa shape index (κ3) is 1.06. The van der Waals surface area contributed by atoms with Gasteiger partial charge in [-0.15, -0.1) is 0 Å². The van der Waals surface area contributed by atoms with Crippen LogP contribution in [-0.4, -0.2) is 10.8 Å². The van der Waals surface area contributed by atoms with E-state index >= 15 is 0 Å². The first kappa shape index (κ1) is 8.05. The lowest BCUT2D eigenvalue weighted by Gasteiger charge is -1.99. The SMILES string of the molecule is Cc1cccc2c(C=N)cn(C)c12. The molecule has 0 unspecified atom stereocenters. The Morgan fingerprint density at radius 1 is 1.38 bits per heavy atom. The van der Waals surface area contributed by atoms with Gasteiger partial charge in [0.15, 0.2) is 0 Å². The number of fused-ring (bicyclic) bond motifs is 1. The fraction of sp³-hybridized carbons (Fsp3) is 0.182. The number of hydrogen-bond acceptors (Lipinski definition) is 1. The van der Waals surface area contributed by atoms with Crippen molar-refractivity contribution >= 4 is 17.1 Å². The van der Waals surface area contributed by atoms with Gasteiger partial charge in [-0.05, 0) is 12.5 Å². The quantitative estimate of drug-likeness (QED) is 0.640. The highest BCUT2D eigenvalue weighted by molar-refractivity contribution is 5.99. The molecule has 2 heteroatoms. The second-order valence-corrected chi connectivity index (χ2v) is 3.31. The molecule has 0 amide bonds. The van der Waals surface area contributed by atoms with Crippen LogP contribution < -0.4 is 0 Å². The summed E-state index contributed by atoms with van der Waals surface area (Å²) in [6.07, 6.45) is 3.40. The summed E-state index contributed by atoms with van der Waals surface area (Å²) in [6.45, 7) is 2.09. The highest BCUT2D eigenvalue weighted by Gasteiger charge is 2.05. The second-order valence-electron chi connectivity index (χ2n) is 3.31. The van der Waals surface area contributed by atoms with Gasteiger partial charge in [0, 0.05) is 30.4 Å². The van der Waals surface area contributed by atoms with Gasteiger partial charge in [-0.2, -0.15) is 0 Å². The Bertz CT molecular complexity index is 466. The van der Waals surface area contributed by atoms with E-state index in [1.807, 2.05) is 19.3 Å². The van der Waals surface area contributed by atoms with Crippen LogP contribution in [0.4, 0.5) is 0 Å². The average molecular weight is 172 g/mol. The zero-order chi connectivity index (χ0) is 9.42. The summed E-state index contributed by atoms with van der Waals surface area (Å²) in [6, 6.07) is 6.18. The van der Waals surface area contributed by atoms with Crippen molar-refractivity contribution in [2.45, 2.75) is 6.92 Å². The van der Waals surface area contributed by atoms with Gasteiger partial charge in [0.05, 0.1) is 5.52 Å². The first-order chi connectivity index (χ1) is 6.24. The summed E-state index contributed by atoms with van der Waals surface area (Å²) in [7, 11) is 2.02. The van der Waals surface area contributed by atoms with Gasteiger partial charge in [0.2, 0.25) is 0 Å². The molecule has 1 aromatic carbocycles. The van der Waals surface area contributed by atoms with Crippen LogP contribution in [0.25, 0.3) is 10.9 Å². The summed E-state index contributed by atoms with van der Waals surface area (Å²) in [5.41, 5.74) is 3.47. The molecule has 1 heterocycles. The molecular formula is C11H12N2. The Hall–Kier alpha value is -1.57. The van der Waals surface area contributed by atoms with E-state index in [4.69, 9.17) is 5.41 Å². The number of aromatic nitrogens is 1. The molecule has 0 saturated carbocycles. The van der Waals surface area contributed by atoms with Crippen LogP contribution in [0.5, 0.6) is 0 Å². The van der Waals surface area contributed by atoms with Crippen LogP contribution in [0.2, 0.25) is 0 Å². The lowest BCUT2D eigenvalue weighted by Crippen LogP contribution is -1.86. The fourth-order valence-electron chi connectivity index (χ4n) is 1.82. The molecule has 0 bridgehead atoms. The summed E-state index contributed by atoms with van der Waals surface area (Å²) in [5.74, 6) is 0. The number of rotatable bonds is 1. The minimum atomic E-state index is 0.987. The van der Waals surface area contributed by atoms with E-state index in [1.165, 1.54) is 17.3 Å². The van der Waals surface area contributed by atoms with Crippen molar-refractivity contribution in [1.29, 1.82) is 5.41 Å². The number of nitrogens with one attached hydrogen (secondary N) is 1. The van der Waals surface area contributed by atoms with Crippen LogP contribution in [0.3, 0.4) is 0 Å². The highest BCUT2D eigenvalue weighted by atomic mass is 14.9. The average Bonchev–Trinajstić information content (AvgIpc) is 2.44. The lowest BCUT2D eigenvalue weighted by atomic mass is 10.1. The molecule has 1 N–H and O–H groups in total. The van der Waals surface area contributed by atoms with Crippen molar-refractivity contribution in [3.05, 3.63) is 35.5 Å². The normalized spacial score (nSPS) is 10.6. The molecule has 0 fully saturated rings. The van der Waals surface area contributed by atoms with E-state index in [2.05, 4.69) is 23.6 Å². The van der Waals surface area contributed by atoms with E-state index < -0.39 is 0 Å². The molecular weight excluding hydrogens is 160 g/mol. The molecule has 2 nitrogen and oxygen atoms in total. The molecule has 66 valence electrons. The Morgan fingerprint density at radius 2 is 2.15 bits per heavy atom. The van der Waals surface area contributed by atoms with Crippen LogP contribution in [0.15, 0.2) is 24.4 Å². The molecule has 1 aromatic heterocycles. The highest BCUT2D eigenvalue weighted by Crippen LogP contribution is 2.21.